The summed E-state index contributed by atoms with van der Waals surface area (Å²) in [6.45, 7) is -0.0102. The van der Waals surface area contributed by atoms with E-state index >= 15 is 0 Å². The van der Waals surface area contributed by atoms with E-state index in [1.54, 1.807) is 0 Å². The van der Waals surface area contributed by atoms with Crippen LogP contribution in [0.15, 0.2) is 23.1 Å². The molecule has 5 nitrogen and oxygen atoms in total. The van der Waals surface area contributed by atoms with Crippen LogP contribution in [0.2, 0.25) is 5.02 Å². The van der Waals surface area contributed by atoms with Gasteiger partial charge in [-0.3, -0.25) is 4.79 Å². The van der Waals surface area contributed by atoms with Crippen LogP contribution < -0.4 is 4.72 Å². The summed E-state index contributed by atoms with van der Waals surface area (Å²) in [5, 5.41) is 8.99. The molecule has 0 bridgehead atoms. The second-order valence-electron chi connectivity index (χ2n) is 5.32. The van der Waals surface area contributed by atoms with Gasteiger partial charge in [0, 0.05) is 11.6 Å². The van der Waals surface area contributed by atoms with Crippen LogP contribution >= 0.6 is 11.6 Å². The molecule has 2 N–H and O–H groups in total. The third kappa shape index (κ3) is 3.72. The van der Waals surface area contributed by atoms with Crippen molar-refractivity contribution in [3.8, 4) is 0 Å². The fourth-order valence-corrected chi connectivity index (χ4v) is 3.81. The molecule has 0 atom stereocenters. The van der Waals surface area contributed by atoms with Gasteiger partial charge in [-0.2, -0.15) is 0 Å². The molecule has 1 aromatic rings. The normalized spacial score (nSPS) is 17.2. The molecule has 1 saturated carbocycles. The zero-order valence-corrected chi connectivity index (χ0v) is 12.7. The number of hydrogen-bond acceptors (Lipinski definition) is 3. The molecule has 0 saturated heterocycles. The van der Waals surface area contributed by atoms with E-state index in [1.165, 1.54) is 6.07 Å². The Morgan fingerprint density at radius 3 is 2.57 bits per heavy atom. The Morgan fingerprint density at radius 1 is 1.43 bits per heavy atom. The van der Waals surface area contributed by atoms with Gasteiger partial charge in [-0.05, 0) is 36.5 Å². The van der Waals surface area contributed by atoms with Gasteiger partial charge in [-0.15, -0.1) is 0 Å². The highest BCUT2D eigenvalue weighted by atomic mass is 35.5. The number of sulfonamides is 1. The number of halogens is 2. The summed E-state index contributed by atoms with van der Waals surface area (Å²) < 4.78 is 40.2. The minimum atomic E-state index is -4.03. The number of aliphatic carboxylic acids is 1. The van der Waals surface area contributed by atoms with Crippen LogP contribution in [0, 0.1) is 11.2 Å². The Labute approximate surface area is 127 Å². The predicted octanol–water partition coefficient (Wildman–Crippen LogP) is 2.40. The summed E-state index contributed by atoms with van der Waals surface area (Å²) in [7, 11) is -4.03. The summed E-state index contributed by atoms with van der Waals surface area (Å²) in [4.78, 5) is 10.4. The first kappa shape index (κ1) is 16.2. The lowest BCUT2D eigenvalue weighted by Crippen LogP contribution is -2.43. The largest absolute Gasteiger partial charge is 0.481 e. The Balaban J connectivity index is 2.12. The lowest BCUT2D eigenvalue weighted by Gasteiger charge is -2.40. The molecule has 1 aliphatic rings. The number of carboxylic acid groups (broad SMARTS) is 1. The lowest BCUT2D eigenvalue weighted by molar-refractivity contribution is -0.141. The fourth-order valence-electron chi connectivity index (χ4n) is 2.43. The molecular weight excluding hydrogens is 321 g/mol. The Morgan fingerprint density at radius 2 is 2.10 bits per heavy atom. The smallest absolute Gasteiger partial charge is 0.303 e. The number of nitrogens with one attached hydrogen (secondary N) is 1. The summed E-state index contributed by atoms with van der Waals surface area (Å²) >= 11 is 5.59. The van der Waals surface area contributed by atoms with Crippen LogP contribution in [-0.4, -0.2) is 26.0 Å². The van der Waals surface area contributed by atoms with E-state index in [-0.39, 0.29) is 18.0 Å². The first-order chi connectivity index (χ1) is 9.74. The van der Waals surface area contributed by atoms with Crippen LogP contribution in [0.1, 0.15) is 25.7 Å². The maximum absolute atomic E-state index is 13.7. The van der Waals surface area contributed by atoms with Gasteiger partial charge in [-0.25, -0.2) is 17.5 Å². The van der Waals surface area contributed by atoms with Crippen molar-refractivity contribution in [2.75, 3.05) is 6.54 Å². The van der Waals surface area contributed by atoms with Gasteiger partial charge >= 0.3 is 5.97 Å². The molecule has 1 aliphatic carbocycles. The average molecular weight is 336 g/mol. The molecular formula is C13H15ClFNO4S. The van der Waals surface area contributed by atoms with E-state index in [1.807, 2.05) is 0 Å². The molecule has 0 heterocycles. The maximum atomic E-state index is 13.7. The van der Waals surface area contributed by atoms with Crippen molar-refractivity contribution in [3.05, 3.63) is 29.0 Å². The first-order valence-corrected chi connectivity index (χ1v) is 8.27. The highest BCUT2D eigenvalue weighted by Crippen LogP contribution is 2.43. The number of rotatable bonds is 6. The Kier molecular flexibility index (Phi) is 4.55. The zero-order valence-electron chi connectivity index (χ0n) is 11.1. The number of benzene rings is 1. The second-order valence-corrected chi connectivity index (χ2v) is 7.50. The van der Waals surface area contributed by atoms with Crippen molar-refractivity contribution in [2.45, 2.75) is 30.6 Å². The summed E-state index contributed by atoms with van der Waals surface area (Å²) in [5.41, 5.74) is -0.568. The van der Waals surface area contributed by atoms with E-state index in [4.69, 9.17) is 16.7 Å². The monoisotopic (exact) mass is 335 g/mol. The number of carboxylic acids is 1. The third-order valence-corrected chi connectivity index (χ3v) is 5.43. The fraction of sp³-hybridized carbons (Fsp3) is 0.462. The van der Waals surface area contributed by atoms with Crippen molar-refractivity contribution in [1.82, 2.24) is 4.72 Å². The van der Waals surface area contributed by atoms with Crippen LogP contribution in [0.5, 0.6) is 0 Å². The molecule has 21 heavy (non-hydrogen) atoms. The molecule has 1 fully saturated rings. The lowest BCUT2D eigenvalue weighted by atomic mass is 9.67. The Bertz CT molecular complexity index is 658. The quantitative estimate of drug-likeness (QED) is 0.836. The van der Waals surface area contributed by atoms with Gasteiger partial charge in [0.15, 0.2) is 0 Å². The molecule has 8 heteroatoms. The highest BCUT2D eigenvalue weighted by molar-refractivity contribution is 7.89. The topological polar surface area (TPSA) is 83.5 Å². The van der Waals surface area contributed by atoms with Gasteiger partial charge in [0.1, 0.15) is 10.7 Å². The van der Waals surface area contributed by atoms with Gasteiger partial charge in [0.2, 0.25) is 10.0 Å². The van der Waals surface area contributed by atoms with Crippen LogP contribution in [-0.2, 0) is 14.8 Å². The van der Waals surface area contributed by atoms with Gasteiger partial charge < -0.3 is 5.11 Å². The third-order valence-electron chi connectivity index (χ3n) is 3.76. The SMILES string of the molecule is O=C(O)CC1(CNS(=O)(=O)c2ccc(Cl)cc2F)CCC1. The highest BCUT2D eigenvalue weighted by Gasteiger charge is 2.40. The predicted molar refractivity (Wildman–Crippen MR) is 75.1 cm³/mol. The van der Waals surface area contributed by atoms with E-state index in [2.05, 4.69) is 4.72 Å². The molecule has 0 spiro atoms. The van der Waals surface area contributed by atoms with Crippen molar-refractivity contribution in [3.63, 3.8) is 0 Å². The van der Waals surface area contributed by atoms with E-state index in [0.29, 0.717) is 12.8 Å². The summed E-state index contributed by atoms with van der Waals surface area (Å²) in [6, 6.07) is 3.30. The van der Waals surface area contributed by atoms with Gasteiger partial charge in [0.25, 0.3) is 0 Å². The minimum absolute atomic E-state index is 0.0102. The minimum Gasteiger partial charge on any atom is -0.481 e. The summed E-state index contributed by atoms with van der Waals surface area (Å²) in [5.74, 6) is -1.90. The van der Waals surface area contributed by atoms with Crippen molar-refractivity contribution in [2.24, 2.45) is 5.41 Å². The second kappa shape index (κ2) is 5.90. The molecule has 116 valence electrons. The number of hydrogen-bond donors (Lipinski definition) is 2. The summed E-state index contributed by atoms with van der Waals surface area (Å²) in [6.07, 6.45) is 2.05. The zero-order chi connectivity index (χ0) is 15.7. The van der Waals surface area contributed by atoms with Gasteiger partial charge in [-0.1, -0.05) is 18.0 Å². The van der Waals surface area contributed by atoms with Gasteiger partial charge in [0.05, 0.1) is 6.42 Å². The molecule has 1 aromatic carbocycles. The molecule has 0 aromatic heterocycles. The van der Waals surface area contributed by atoms with Crippen LogP contribution in [0.25, 0.3) is 0 Å². The van der Waals surface area contributed by atoms with Crippen LogP contribution in [0.4, 0.5) is 4.39 Å². The van der Waals surface area contributed by atoms with Crippen molar-refractivity contribution < 1.29 is 22.7 Å². The molecule has 0 unspecified atom stereocenters. The average Bonchev–Trinajstić information content (AvgIpc) is 2.31. The van der Waals surface area contributed by atoms with Crippen LogP contribution in [0.3, 0.4) is 0 Å². The van der Waals surface area contributed by atoms with Crippen molar-refractivity contribution >= 4 is 27.6 Å². The maximum Gasteiger partial charge on any atom is 0.303 e. The van der Waals surface area contributed by atoms with Crippen molar-refractivity contribution in [1.29, 1.82) is 0 Å². The molecule has 0 amide bonds. The Hall–Kier alpha value is -1.18. The van der Waals surface area contributed by atoms with E-state index < -0.39 is 32.1 Å². The van der Waals surface area contributed by atoms with E-state index in [0.717, 1.165) is 18.6 Å². The number of carbonyl (C=O) groups is 1. The molecule has 0 aliphatic heterocycles. The standard InChI is InChI=1S/C13H15ClFNO4S/c14-9-2-3-11(10(15)6-9)21(19,20)16-8-13(4-1-5-13)7-12(17)18/h2-3,6,16H,1,4-5,7-8H2,(H,17,18). The first-order valence-electron chi connectivity index (χ1n) is 6.41. The van der Waals surface area contributed by atoms with E-state index in [9.17, 15) is 17.6 Å². The molecule has 2 rings (SSSR count). The molecule has 0 radical (unpaired) electrons.